The predicted molar refractivity (Wildman–Crippen MR) is 449 cm³/mol. The first-order valence-corrected chi connectivity index (χ1v) is 43.4. The highest BCUT2D eigenvalue weighted by atomic mass is 28.4. The summed E-state index contributed by atoms with van der Waals surface area (Å²) in [6, 6.07) is 0. The van der Waals surface area contributed by atoms with E-state index in [1.807, 2.05) is 0 Å². The van der Waals surface area contributed by atoms with E-state index in [1.54, 1.807) is 38.5 Å². The zero-order chi connectivity index (χ0) is 114. The molecule has 0 amide bonds. The van der Waals surface area contributed by atoms with Gasteiger partial charge in [-0.3, -0.25) is 0 Å². The van der Waals surface area contributed by atoms with Crippen LogP contribution in [0.3, 0.4) is 0 Å². The third kappa shape index (κ3) is 59.6. The average Bonchev–Trinajstić information content (AvgIpc) is 0.703. The molecule has 0 aromatic rings. The first-order chi connectivity index (χ1) is 62.6. The number of hydrogen-bond donors (Lipinski definition) is 24. The van der Waals surface area contributed by atoms with E-state index in [0.717, 1.165) is 256 Å². The van der Waals surface area contributed by atoms with Gasteiger partial charge in [0.2, 0.25) is 0 Å². The van der Waals surface area contributed by atoms with Gasteiger partial charge in [-0.1, -0.05) is 24.3 Å². The van der Waals surface area contributed by atoms with Crippen LogP contribution in [0.1, 0.15) is 64.2 Å². The van der Waals surface area contributed by atoms with E-state index in [1.165, 1.54) is 47.3 Å². The molecule has 0 saturated heterocycles. The maximum Gasteiger partial charge on any atom is 0.529 e. The second-order valence-corrected chi connectivity index (χ2v) is 32.6. The molecular weight excluding hydrogens is 1990 g/mol. The fourth-order valence-corrected chi connectivity index (χ4v) is 16.9. The van der Waals surface area contributed by atoms with Gasteiger partial charge in [0.1, 0.15) is 0 Å². The van der Waals surface area contributed by atoms with E-state index >= 15 is 0 Å². The molecule has 1 aliphatic heterocycles. The van der Waals surface area contributed by atoms with Gasteiger partial charge in [-0.25, -0.2) is 0 Å². The molecule has 0 aromatic carbocycles. The third-order valence-electron chi connectivity index (χ3n) is 17.0. The molecule has 0 spiro atoms. The van der Waals surface area contributed by atoms with Gasteiger partial charge in [-0.15, -0.1) is 0 Å². The molecule has 134 heavy (non-hydrogen) atoms. The van der Waals surface area contributed by atoms with Gasteiger partial charge in [0.25, 0.3) is 22.4 Å². The fraction of sp³-hybridized carbons (Fsp3) is 0.886. The quantitative estimate of drug-likeness (QED) is 0.0596. The molecule has 24 N–H and O–H groups in total. The highest BCUT2D eigenvalue weighted by Crippen LogP contribution is 2.70. The van der Waals surface area contributed by atoms with Gasteiger partial charge in [0, 0.05) is 253 Å². The molecule has 6 aliphatic carbocycles. The van der Waals surface area contributed by atoms with Crippen molar-refractivity contribution in [2.75, 3.05) is 228 Å². The molecule has 36 nitrogen and oxygen atoms in total. The normalized spacial score (nSPS) is 18.3. The monoisotopic (exact) mass is 2140 g/mol. The minimum Gasteiger partial charge on any atom is -0.400 e. The van der Waals surface area contributed by atoms with Crippen LogP contribution in [0.4, 0.5) is 105 Å². The molecule has 6 fully saturated rings. The Balaban J connectivity index is -0.0000000605. The van der Waals surface area contributed by atoms with Crippen LogP contribution in [0.25, 0.3) is 0 Å². The van der Waals surface area contributed by atoms with Gasteiger partial charge >= 0.3 is 84.6 Å². The highest BCUT2D eigenvalue weighted by Gasteiger charge is 2.76. The zero-order valence-electron chi connectivity index (χ0n) is 81.0. The number of alkyl halides is 24. The second-order valence-electron chi connectivity index (χ2n) is 21.7. The Morgan fingerprint density at radius 3 is 0.485 bits per heavy atom. The van der Waals surface area contributed by atoms with Crippen molar-refractivity contribution in [3.05, 3.63) is 47.1 Å². The fourth-order valence-electron chi connectivity index (χ4n) is 11.1. The van der Waals surface area contributed by atoms with Crippen molar-refractivity contribution in [2.24, 2.45) is 47.3 Å². The Labute approximate surface area is 772 Å². The molecular formula is C70H156F24O36Si4. The minimum absolute atomic E-state index is 0.476. The molecule has 0 unspecified atom stereocenters. The van der Waals surface area contributed by atoms with Crippen LogP contribution < -0.4 is 0 Å². The average molecular weight is 2140 g/mol. The van der Waals surface area contributed by atoms with Crippen molar-refractivity contribution >= 4 is 35.2 Å². The van der Waals surface area contributed by atoms with E-state index in [4.69, 9.17) is 162 Å². The van der Waals surface area contributed by atoms with Gasteiger partial charge in [-0.05, 0) is 109 Å². The van der Waals surface area contributed by atoms with Crippen LogP contribution in [-0.2, 0) is 53.1 Å². The van der Waals surface area contributed by atoms with Gasteiger partial charge in [-0.2, -0.15) is 105 Å². The molecule has 7 rings (SSSR count). The lowest BCUT2D eigenvalue weighted by atomic mass is 9.37. The van der Waals surface area contributed by atoms with E-state index in [-0.39, 0.29) is 0 Å². The lowest BCUT2D eigenvalue weighted by Crippen LogP contribution is -2.66. The lowest BCUT2D eigenvalue weighted by Gasteiger charge is -2.68. The molecule has 836 valence electrons. The van der Waals surface area contributed by atoms with Gasteiger partial charge in [0.05, 0.1) is 0 Å². The summed E-state index contributed by atoms with van der Waals surface area (Å²) in [7, 11) is 18.5. The Kier molecular flexibility index (Phi) is 134. The molecule has 0 atom stereocenters. The first kappa shape index (κ1) is 179. The summed E-state index contributed by atoms with van der Waals surface area (Å²) >= 11 is 0. The van der Waals surface area contributed by atoms with Crippen LogP contribution >= 0.6 is 0 Å². The summed E-state index contributed by atoms with van der Waals surface area (Å²) < 4.78 is 356. The maximum absolute atomic E-state index is 12.7. The molecule has 6 saturated carbocycles. The standard InChI is InChI=1S/3C9H14F6O4Si.C8H10F6O3Si.2C7H10.21CH4O/c3*1-17-20(18-2,19-3)6-4-5-7(16,8(10,11)12)9(13,14)15;1-15-18(16-2)5-3-4-6(17-18,7(9,10)11)8(12,13)14;2*1-4-2-6-3-5(1)7(4)6;21*1-2/h3*4,6,16H,5H2,1-3H3;3,5H,4H2,1-2H3;2*4-7H,1-3H2;21*2H,1H3/b2*6-4+;6-4-;;;;;;;;;;;;;;;;;;;;;;;;. The van der Waals surface area contributed by atoms with Crippen LogP contribution in [0.15, 0.2) is 47.1 Å². The van der Waals surface area contributed by atoms with Crippen LogP contribution in [0.5, 0.6) is 0 Å². The third-order valence-corrected chi connectivity index (χ3v) is 26.5. The van der Waals surface area contributed by atoms with E-state index in [2.05, 4.69) is 13.3 Å². The molecule has 0 bridgehead atoms. The first-order valence-electron chi connectivity index (χ1n) is 36.2. The van der Waals surface area contributed by atoms with Crippen molar-refractivity contribution in [3.8, 4) is 0 Å². The summed E-state index contributed by atoms with van der Waals surface area (Å²) in [6.07, 6.45) is -41.2. The summed E-state index contributed by atoms with van der Waals surface area (Å²) in [5, 5.41) is 174. The lowest BCUT2D eigenvalue weighted by molar-refractivity contribution is -0.367. The van der Waals surface area contributed by atoms with Crippen molar-refractivity contribution < 1.29 is 281 Å². The van der Waals surface area contributed by atoms with Crippen LogP contribution in [0, 0.1) is 47.3 Å². The Bertz CT molecular complexity index is 2140. The number of halogens is 24. The second kappa shape index (κ2) is 99.8. The van der Waals surface area contributed by atoms with Crippen LogP contribution in [0.2, 0.25) is 0 Å². The highest BCUT2D eigenvalue weighted by molar-refractivity contribution is 6.67. The molecule has 0 aromatic heterocycles. The Hall–Kier alpha value is -3.29. The van der Waals surface area contributed by atoms with Gasteiger partial charge < -0.3 is 176 Å². The zero-order valence-corrected chi connectivity index (χ0v) is 85.0. The number of aliphatic hydroxyl groups is 24. The smallest absolute Gasteiger partial charge is 0.400 e. The van der Waals surface area contributed by atoms with Crippen molar-refractivity contribution in [3.63, 3.8) is 0 Å². The van der Waals surface area contributed by atoms with Crippen molar-refractivity contribution in [2.45, 2.75) is 136 Å². The molecule has 0 radical (unpaired) electrons. The summed E-state index contributed by atoms with van der Waals surface area (Å²) in [5.74, 6) is 9.99. The number of aliphatic hydroxyl groups excluding tert-OH is 21. The Morgan fingerprint density at radius 2 is 0.403 bits per heavy atom. The minimum atomic E-state index is -5.87. The summed E-state index contributed by atoms with van der Waals surface area (Å²) in [4.78, 5) is 0. The van der Waals surface area contributed by atoms with Crippen molar-refractivity contribution in [1.29, 1.82) is 0 Å². The van der Waals surface area contributed by atoms with E-state index in [0.29, 0.717) is 18.2 Å². The van der Waals surface area contributed by atoms with E-state index in [9.17, 15) is 105 Å². The molecule has 7 aliphatic rings. The topological polar surface area (TPSA) is 596 Å². The molecule has 64 heteroatoms. The Morgan fingerprint density at radius 1 is 0.269 bits per heavy atom. The number of hydrogen-bond acceptors (Lipinski definition) is 36. The summed E-state index contributed by atoms with van der Waals surface area (Å²) in [6.45, 7) is 0. The largest absolute Gasteiger partial charge is 0.529 e. The van der Waals surface area contributed by atoms with Crippen molar-refractivity contribution in [1.82, 2.24) is 0 Å². The maximum atomic E-state index is 12.7. The van der Waals surface area contributed by atoms with E-state index < -0.39 is 133 Å². The van der Waals surface area contributed by atoms with Gasteiger partial charge in [0.15, 0.2) is 0 Å². The summed E-state index contributed by atoms with van der Waals surface area (Å²) in [5.41, 5.74) is -15.3. The SMILES string of the molecule is C1C2CC3CC1C23.C1C2CC3CC1C23.CO.CO.CO.CO.CO.CO.CO.CO.CO.CO.CO.CO.CO.CO.CO.CO.CO.CO.CO.CO.CO.CO[Si](/C=C/CC(O)(C(F)(F)F)C(F)(F)F)(OC)OC.CO[Si](/C=C/CC(O)(C(F)(F)F)C(F)(F)F)(OC)OC.CO[Si](/C=C\CC(O)(C(F)(F)F)C(F)(F)F)(OC)OC.CO[Si]1(OC)C=CCC(C(F)(F)F)(C(F)(F)F)O1. The predicted octanol–water partition coefficient (Wildman–Crippen LogP) is 4.32. The van der Waals surface area contributed by atoms with Crippen LogP contribution in [-0.4, -0.2) is 457 Å². The molecule has 1 heterocycles. The number of rotatable bonds is 20.